The van der Waals surface area contributed by atoms with E-state index in [2.05, 4.69) is 0 Å². The molecular weight excluding hydrogens is 469 g/mol. The maximum atomic E-state index is 13.8. The summed E-state index contributed by atoms with van der Waals surface area (Å²) < 4.78 is 47.4. The standard InChI is InChI=1S/C25H32BNO7S/c1-16-8-7-9-19(12-16)35(30,31)27-15-22(17(2)13-23(28)29)32-21-11-10-18(14-20(21)27)26-33-24(3,4)25(5,6)34-26/h7-12,14,17,22H,13,15H2,1-6H3,(H,28,29)/t17-,22-/m1/s1. The lowest BCUT2D eigenvalue weighted by Crippen LogP contribution is -2.47. The summed E-state index contributed by atoms with van der Waals surface area (Å²) in [5, 5.41) is 9.27. The fourth-order valence-electron chi connectivity index (χ4n) is 4.25. The van der Waals surface area contributed by atoms with Crippen molar-refractivity contribution in [3.05, 3.63) is 48.0 Å². The van der Waals surface area contributed by atoms with Crippen LogP contribution in [0.5, 0.6) is 5.75 Å². The number of nitrogens with zero attached hydrogens (tertiary/aromatic N) is 1. The molecule has 1 fully saturated rings. The summed E-state index contributed by atoms with van der Waals surface area (Å²) >= 11 is 0. The number of benzene rings is 2. The first-order valence-electron chi connectivity index (χ1n) is 11.7. The van der Waals surface area contributed by atoms with E-state index in [9.17, 15) is 18.3 Å². The van der Waals surface area contributed by atoms with Crippen molar-refractivity contribution in [1.82, 2.24) is 0 Å². The van der Waals surface area contributed by atoms with Crippen molar-refractivity contribution >= 4 is 34.3 Å². The zero-order valence-corrected chi connectivity index (χ0v) is 21.8. The second-order valence-corrected chi connectivity index (χ2v) is 12.3. The van der Waals surface area contributed by atoms with E-state index in [1.807, 2.05) is 40.7 Å². The van der Waals surface area contributed by atoms with Gasteiger partial charge in [0.05, 0.1) is 34.8 Å². The third-order valence-corrected chi connectivity index (χ3v) is 8.89. The van der Waals surface area contributed by atoms with Crippen LogP contribution in [0.2, 0.25) is 0 Å². The Balaban J connectivity index is 1.78. The SMILES string of the molecule is Cc1cccc(S(=O)(=O)N2C[C@H]([C@H](C)CC(=O)O)Oc3ccc(B4OC(C)(C)C(C)(C)O4)cc32)c1. The lowest BCUT2D eigenvalue weighted by atomic mass is 9.78. The number of anilines is 1. The number of carboxylic acid groups (broad SMARTS) is 1. The summed E-state index contributed by atoms with van der Waals surface area (Å²) in [7, 11) is -4.62. The molecule has 1 N–H and O–H groups in total. The van der Waals surface area contributed by atoms with Crippen molar-refractivity contribution in [3.8, 4) is 5.75 Å². The van der Waals surface area contributed by atoms with Crippen molar-refractivity contribution in [2.24, 2.45) is 5.92 Å². The highest BCUT2D eigenvalue weighted by molar-refractivity contribution is 7.92. The van der Waals surface area contributed by atoms with Crippen LogP contribution >= 0.6 is 0 Å². The molecule has 2 aliphatic rings. The Kier molecular flexibility index (Phi) is 6.44. The van der Waals surface area contributed by atoms with Crippen LogP contribution < -0.4 is 14.5 Å². The minimum atomic E-state index is -3.95. The summed E-state index contributed by atoms with van der Waals surface area (Å²) in [5.74, 6) is -0.996. The van der Waals surface area contributed by atoms with Gasteiger partial charge in [0.1, 0.15) is 11.9 Å². The number of carboxylic acids is 1. The molecule has 10 heteroatoms. The number of sulfonamides is 1. The van der Waals surface area contributed by atoms with E-state index in [1.54, 1.807) is 43.3 Å². The Morgan fingerprint density at radius 3 is 2.40 bits per heavy atom. The van der Waals surface area contributed by atoms with Crippen LogP contribution in [0.3, 0.4) is 0 Å². The first kappa shape index (κ1) is 25.5. The van der Waals surface area contributed by atoms with Crippen molar-refractivity contribution in [3.63, 3.8) is 0 Å². The second-order valence-electron chi connectivity index (χ2n) is 10.4. The molecule has 8 nitrogen and oxygen atoms in total. The third kappa shape index (κ3) is 4.79. The first-order valence-corrected chi connectivity index (χ1v) is 13.1. The van der Waals surface area contributed by atoms with Crippen molar-refractivity contribution < 1.29 is 32.4 Å². The zero-order chi connectivity index (χ0) is 25.8. The highest BCUT2D eigenvalue weighted by atomic mass is 32.2. The zero-order valence-electron chi connectivity index (χ0n) is 20.9. The Bertz CT molecular complexity index is 1230. The molecule has 0 spiro atoms. The molecule has 2 aromatic carbocycles. The van der Waals surface area contributed by atoms with Gasteiger partial charge in [-0.25, -0.2) is 8.42 Å². The third-order valence-electron chi connectivity index (χ3n) is 7.11. The van der Waals surface area contributed by atoms with Gasteiger partial charge >= 0.3 is 13.1 Å². The van der Waals surface area contributed by atoms with E-state index in [0.29, 0.717) is 16.9 Å². The fourth-order valence-corrected chi connectivity index (χ4v) is 5.84. The quantitative estimate of drug-likeness (QED) is 0.606. The normalized spacial score (nSPS) is 21.8. The van der Waals surface area contributed by atoms with Crippen LogP contribution in [0.1, 0.15) is 46.6 Å². The largest absolute Gasteiger partial charge is 0.494 e. The predicted octanol–water partition coefficient (Wildman–Crippen LogP) is 3.36. The molecule has 35 heavy (non-hydrogen) atoms. The molecule has 1 saturated heterocycles. The van der Waals surface area contributed by atoms with Gasteiger partial charge < -0.3 is 19.2 Å². The average Bonchev–Trinajstić information content (AvgIpc) is 2.99. The van der Waals surface area contributed by atoms with Gasteiger partial charge in [0.2, 0.25) is 0 Å². The molecule has 0 aliphatic carbocycles. The molecule has 0 saturated carbocycles. The fraction of sp³-hybridized carbons (Fsp3) is 0.480. The van der Waals surface area contributed by atoms with Crippen LogP contribution in [0, 0.1) is 12.8 Å². The molecule has 2 aromatic rings. The maximum absolute atomic E-state index is 13.8. The second kappa shape index (κ2) is 8.83. The van der Waals surface area contributed by atoms with Gasteiger partial charge in [0, 0.05) is 5.92 Å². The van der Waals surface area contributed by atoms with E-state index in [1.165, 1.54) is 4.31 Å². The van der Waals surface area contributed by atoms with Crippen molar-refractivity contribution in [2.45, 2.75) is 70.2 Å². The topological polar surface area (TPSA) is 102 Å². The van der Waals surface area contributed by atoms with Gasteiger partial charge in [-0.05, 0) is 69.9 Å². The van der Waals surface area contributed by atoms with Crippen LogP contribution in [-0.2, 0) is 24.1 Å². The summed E-state index contributed by atoms with van der Waals surface area (Å²) in [6.45, 7) is 11.4. The van der Waals surface area contributed by atoms with Crippen molar-refractivity contribution in [1.29, 1.82) is 0 Å². The number of rotatable bonds is 6. The van der Waals surface area contributed by atoms with E-state index in [-0.39, 0.29) is 17.9 Å². The monoisotopic (exact) mass is 501 g/mol. The summed E-state index contributed by atoms with van der Waals surface area (Å²) in [4.78, 5) is 11.5. The lowest BCUT2D eigenvalue weighted by Gasteiger charge is -2.38. The summed E-state index contributed by atoms with van der Waals surface area (Å²) in [6, 6.07) is 11.9. The van der Waals surface area contributed by atoms with Gasteiger partial charge in [0.25, 0.3) is 10.0 Å². The van der Waals surface area contributed by atoms with Gasteiger partial charge in [-0.2, -0.15) is 0 Å². The minimum absolute atomic E-state index is 0.00938. The number of carbonyl (C=O) groups is 1. The molecule has 0 aromatic heterocycles. The van der Waals surface area contributed by atoms with Gasteiger partial charge in [-0.15, -0.1) is 0 Å². The molecule has 4 rings (SSSR count). The molecule has 0 bridgehead atoms. The average molecular weight is 501 g/mol. The van der Waals surface area contributed by atoms with Gasteiger partial charge in [-0.3, -0.25) is 9.10 Å². The Morgan fingerprint density at radius 2 is 1.80 bits per heavy atom. The van der Waals surface area contributed by atoms with Crippen molar-refractivity contribution in [2.75, 3.05) is 10.8 Å². The van der Waals surface area contributed by atoms with E-state index in [0.717, 1.165) is 5.56 Å². The molecule has 0 amide bonds. The molecule has 2 heterocycles. The number of ether oxygens (including phenoxy) is 1. The molecular formula is C25H32BNO7S. The molecule has 188 valence electrons. The van der Waals surface area contributed by atoms with Crippen LogP contribution in [0.15, 0.2) is 47.4 Å². The highest BCUT2D eigenvalue weighted by Crippen LogP contribution is 2.40. The summed E-state index contributed by atoms with van der Waals surface area (Å²) in [5.41, 5.74) is 0.773. The van der Waals surface area contributed by atoms with Gasteiger partial charge in [0.15, 0.2) is 0 Å². The summed E-state index contributed by atoms with van der Waals surface area (Å²) in [6.07, 6.45) is -0.759. The maximum Gasteiger partial charge on any atom is 0.494 e. The number of hydrogen-bond acceptors (Lipinski definition) is 6. The van der Waals surface area contributed by atoms with Crippen LogP contribution in [-0.4, -0.2) is 50.5 Å². The first-order chi connectivity index (χ1) is 16.2. The van der Waals surface area contributed by atoms with Crippen LogP contribution in [0.4, 0.5) is 5.69 Å². The predicted molar refractivity (Wildman–Crippen MR) is 134 cm³/mol. The lowest BCUT2D eigenvalue weighted by molar-refractivity contribution is -0.138. The highest BCUT2D eigenvalue weighted by Gasteiger charge is 2.52. The Labute approximate surface area is 207 Å². The van der Waals surface area contributed by atoms with E-state index >= 15 is 0 Å². The molecule has 0 unspecified atom stereocenters. The van der Waals surface area contributed by atoms with Crippen LogP contribution in [0.25, 0.3) is 0 Å². The number of fused-ring (bicyclic) bond motifs is 1. The Morgan fingerprint density at radius 1 is 1.14 bits per heavy atom. The molecule has 2 aliphatic heterocycles. The smallest absolute Gasteiger partial charge is 0.486 e. The van der Waals surface area contributed by atoms with Gasteiger partial charge in [-0.1, -0.05) is 25.1 Å². The van der Waals surface area contributed by atoms with E-state index in [4.69, 9.17) is 14.0 Å². The molecule has 2 atom stereocenters. The molecule has 0 radical (unpaired) electrons. The minimum Gasteiger partial charge on any atom is -0.486 e. The van der Waals surface area contributed by atoms with E-state index < -0.39 is 46.3 Å². The Hall–Kier alpha value is -2.56. The number of aliphatic carboxylic acids is 1. The number of hydrogen-bond donors (Lipinski definition) is 1. The number of aryl methyl sites for hydroxylation is 1.